The lowest BCUT2D eigenvalue weighted by atomic mass is 10.2. The first kappa shape index (κ1) is 15.3. The van der Waals surface area contributed by atoms with Crippen LogP contribution in [0.4, 0.5) is 4.79 Å². The average Bonchev–Trinajstić information content (AvgIpc) is 2.45. The topological polar surface area (TPSA) is 70.6 Å². The van der Waals surface area contributed by atoms with E-state index in [-0.39, 0.29) is 18.7 Å². The highest BCUT2D eigenvalue weighted by Gasteiger charge is 2.07. The molecule has 5 heteroatoms. The van der Waals surface area contributed by atoms with Crippen molar-refractivity contribution in [1.82, 2.24) is 10.6 Å². The van der Waals surface area contributed by atoms with Gasteiger partial charge in [-0.25, -0.2) is 4.79 Å². The van der Waals surface area contributed by atoms with Gasteiger partial charge in [0, 0.05) is 6.54 Å². The van der Waals surface area contributed by atoms with Crippen molar-refractivity contribution in [3.63, 3.8) is 0 Å². The summed E-state index contributed by atoms with van der Waals surface area (Å²) in [6.45, 7) is 2.97. The summed E-state index contributed by atoms with van der Waals surface area (Å²) in [4.78, 5) is 11.4. The maximum atomic E-state index is 11.4. The molecule has 0 bridgehead atoms. The number of para-hydroxylation sites is 1. The zero-order valence-corrected chi connectivity index (χ0v) is 11.3. The Morgan fingerprint density at radius 2 is 2.11 bits per heavy atom. The summed E-state index contributed by atoms with van der Waals surface area (Å²) in [5.74, 6) is 0.832. The second-order valence-corrected chi connectivity index (χ2v) is 4.20. The summed E-state index contributed by atoms with van der Waals surface area (Å²) in [6.07, 6.45) is 1.44. The molecule has 0 saturated carbocycles. The Morgan fingerprint density at radius 1 is 1.37 bits per heavy atom. The molecule has 3 N–H and O–H groups in total. The third kappa shape index (κ3) is 6.67. The van der Waals surface area contributed by atoms with Crippen LogP contribution in [-0.2, 0) is 0 Å². The van der Waals surface area contributed by atoms with Crippen LogP contribution >= 0.6 is 0 Å². The van der Waals surface area contributed by atoms with Crippen molar-refractivity contribution in [2.45, 2.75) is 25.8 Å². The van der Waals surface area contributed by atoms with Crippen molar-refractivity contribution in [3.8, 4) is 5.75 Å². The van der Waals surface area contributed by atoms with E-state index in [1.165, 1.54) is 0 Å². The fraction of sp³-hybridized carbons (Fsp3) is 0.500. The molecule has 1 atom stereocenters. The van der Waals surface area contributed by atoms with Gasteiger partial charge in [0.05, 0.1) is 19.3 Å². The van der Waals surface area contributed by atoms with Crippen LogP contribution in [0, 0.1) is 0 Å². The molecule has 0 aliphatic carbocycles. The van der Waals surface area contributed by atoms with Gasteiger partial charge in [0.15, 0.2) is 0 Å². The third-order valence-corrected chi connectivity index (χ3v) is 2.67. The van der Waals surface area contributed by atoms with Gasteiger partial charge in [-0.15, -0.1) is 0 Å². The normalized spacial score (nSPS) is 11.7. The number of nitrogens with one attached hydrogen (secondary N) is 2. The van der Waals surface area contributed by atoms with Crippen LogP contribution in [-0.4, -0.2) is 36.9 Å². The molecule has 0 radical (unpaired) electrons. The monoisotopic (exact) mass is 266 g/mol. The smallest absolute Gasteiger partial charge is 0.315 e. The maximum absolute atomic E-state index is 11.4. The lowest BCUT2D eigenvalue weighted by Gasteiger charge is -2.14. The summed E-state index contributed by atoms with van der Waals surface area (Å²) < 4.78 is 5.50. The average molecular weight is 266 g/mol. The lowest BCUT2D eigenvalue weighted by molar-refractivity contribution is 0.213. The van der Waals surface area contributed by atoms with Crippen molar-refractivity contribution in [2.75, 3.05) is 19.8 Å². The van der Waals surface area contributed by atoms with Crippen LogP contribution in [0.3, 0.4) is 0 Å². The fourth-order valence-corrected chi connectivity index (χ4v) is 1.49. The van der Waals surface area contributed by atoms with E-state index in [0.29, 0.717) is 19.6 Å². The van der Waals surface area contributed by atoms with Gasteiger partial charge in [0.1, 0.15) is 5.75 Å². The van der Waals surface area contributed by atoms with Crippen molar-refractivity contribution in [1.29, 1.82) is 0 Å². The van der Waals surface area contributed by atoms with Gasteiger partial charge in [-0.1, -0.05) is 25.1 Å². The van der Waals surface area contributed by atoms with E-state index in [1.54, 1.807) is 0 Å². The molecule has 0 aromatic heterocycles. The number of hydrogen-bond donors (Lipinski definition) is 3. The molecule has 106 valence electrons. The van der Waals surface area contributed by atoms with Gasteiger partial charge < -0.3 is 20.5 Å². The Balaban J connectivity index is 2.06. The molecule has 5 nitrogen and oxygen atoms in total. The quantitative estimate of drug-likeness (QED) is 0.625. The van der Waals surface area contributed by atoms with E-state index in [9.17, 15) is 4.79 Å². The predicted molar refractivity (Wildman–Crippen MR) is 74.3 cm³/mol. The zero-order valence-electron chi connectivity index (χ0n) is 11.3. The summed E-state index contributed by atoms with van der Waals surface area (Å²) in [5, 5.41) is 14.4. The molecule has 0 aliphatic rings. The van der Waals surface area contributed by atoms with E-state index in [0.717, 1.165) is 12.2 Å². The highest BCUT2D eigenvalue weighted by molar-refractivity contribution is 5.74. The summed E-state index contributed by atoms with van der Waals surface area (Å²) in [7, 11) is 0. The minimum Gasteiger partial charge on any atom is -0.494 e. The molecule has 0 aliphatic heterocycles. The predicted octanol–water partition coefficient (Wildman–Crippen LogP) is 1.53. The van der Waals surface area contributed by atoms with Crippen molar-refractivity contribution < 1.29 is 14.6 Å². The Labute approximate surface area is 114 Å². The number of aliphatic hydroxyl groups is 1. The first-order valence-corrected chi connectivity index (χ1v) is 6.59. The van der Waals surface area contributed by atoms with Gasteiger partial charge in [0.25, 0.3) is 0 Å². The van der Waals surface area contributed by atoms with E-state index >= 15 is 0 Å². The maximum Gasteiger partial charge on any atom is 0.315 e. The van der Waals surface area contributed by atoms with Crippen LogP contribution < -0.4 is 15.4 Å². The Morgan fingerprint density at radius 3 is 2.74 bits per heavy atom. The molecule has 0 heterocycles. The van der Waals surface area contributed by atoms with Crippen molar-refractivity contribution >= 4 is 6.03 Å². The second-order valence-electron chi connectivity index (χ2n) is 4.20. The number of hydrogen-bond acceptors (Lipinski definition) is 3. The summed E-state index contributed by atoms with van der Waals surface area (Å²) in [6, 6.07) is 9.13. The molecule has 1 aromatic carbocycles. The Kier molecular flexibility index (Phi) is 7.43. The molecular formula is C14H22N2O3. The molecule has 2 amide bonds. The number of amides is 2. The Hall–Kier alpha value is -1.75. The number of carbonyl (C=O) groups is 1. The largest absolute Gasteiger partial charge is 0.494 e. The zero-order chi connectivity index (χ0) is 13.9. The van der Waals surface area contributed by atoms with E-state index in [4.69, 9.17) is 9.84 Å². The Bertz CT molecular complexity index is 353. The number of aliphatic hydroxyl groups excluding tert-OH is 1. The van der Waals surface area contributed by atoms with Gasteiger partial charge in [-0.3, -0.25) is 0 Å². The van der Waals surface area contributed by atoms with E-state index < -0.39 is 0 Å². The van der Waals surface area contributed by atoms with E-state index in [2.05, 4.69) is 10.6 Å². The molecule has 0 saturated heterocycles. The number of benzene rings is 1. The van der Waals surface area contributed by atoms with Crippen LogP contribution in [0.1, 0.15) is 19.8 Å². The van der Waals surface area contributed by atoms with Crippen molar-refractivity contribution in [3.05, 3.63) is 30.3 Å². The highest BCUT2D eigenvalue weighted by atomic mass is 16.5. The molecule has 0 spiro atoms. The lowest BCUT2D eigenvalue weighted by Crippen LogP contribution is -2.43. The highest BCUT2D eigenvalue weighted by Crippen LogP contribution is 2.07. The van der Waals surface area contributed by atoms with Gasteiger partial charge in [0.2, 0.25) is 0 Å². The minimum atomic E-state index is -0.249. The van der Waals surface area contributed by atoms with Crippen LogP contribution in [0.2, 0.25) is 0 Å². The molecule has 1 rings (SSSR count). The summed E-state index contributed by atoms with van der Waals surface area (Å²) in [5.41, 5.74) is 0. The number of urea groups is 1. The van der Waals surface area contributed by atoms with Gasteiger partial charge in [-0.05, 0) is 25.0 Å². The molecule has 1 aromatic rings. The molecule has 1 unspecified atom stereocenters. The summed E-state index contributed by atoms with van der Waals surface area (Å²) >= 11 is 0. The number of ether oxygens (including phenoxy) is 1. The third-order valence-electron chi connectivity index (χ3n) is 2.67. The first-order chi connectivity index (χ1) is 9.26. The molecule has 0 fully saturated rings. The number of rotatable bonds is 8. The minimum absolute atomic E-state index is 0.0406. The second kappa shape index (κ2) is 9.22. The van der Waals surface area contributed by atoms with Crippen molar-refractivity contribution in [2.24, 2.45) is 0 Å². The van der Waals surface area contributed by atoms with Crippen LogP contribution in [0.15, 0.2) is 30.3 Å². The molecular weight excluding hydrogens is 244 g/mol. The fourth-order valence-electron chi connectivity index (χ4n) is 1.49. The first-order valence-electron chi connectivity index (χ1n) is 6.59. The van der Waals surface area contributed by atoms with E-state index in [1.807, 2.05) is 37.3 Å². The SMILES string of the molecule is CCC(CO)NC(=O)NCCCOc1ccccc1. The van der Waals surface area contributed by atoms with Crippen LogP contribution in [0.25, 0.3) is 0 Å². The number of carbonyl (C=O) groups excluding carboxylic acids is 1. The molecule has 19 heavy (non-hydrogen) atoms. The van der Waals surface area contributed by atoms with Crippen LogP contribution in [0.5, 0.6) is 5.75 Å². The standard InChI is InChI=1S/C14H22N2O3/c1-2-12(11-17)16-14(18)15-9-6-10-19-13-7-4-3-5-8-13/h3-5,7-8,12,17H,2,6,9-11H2,1H3,(H2,15,16,18). The van der Waals surface area contributed by atoms with Gasteiger partial charge in [-0.2, -0.15) is 0 Å². The van der Waals surface area contributed by atoms with Gasteiger partial charge >= 0.3 is 6.03 Å².